The van der Waals surface area contributed by atoms with Crippen molar-refractivity contribution in [2.45, 2.75) is 31.5 Å². The van der Waals surface area contributed by atoms with Gasteiger partial charge in [-0.25, -0.2) is 4.79 Å². The van der Waals surface area contributed by atoms with Crippen LogP contribution in [0.25, 0.3) is 0 Å². The van der Waals surface area contributed by atoms with Crippen molar-refractivity contribution < 1.29 is 14.1 Å². The van der Waals surface area contributed by atoms with Crippen LogP contribution >= 0.6 is 11.8 Å². The summed E-state index contributed by atoms with van der Waals surface area (Å²) in [7, 11) is 0. The van der Waals surface area contributed by atoms with E-state index in [4.69, 9.17) is 9.26 Å². The van der Waals surface area contributed by atoms with Crippen LogP contribution in [0.3, 0.4) is 0 Å². The second-order valence-corrected chi connectivity index (χ2v) is 3.72. The number of nitrogens with one attached hydrogen (secondary N) is 1. The van der Waals surface area contributed by atoms with Gasteiger partial charge in [-0.1, -0.05) is 23.8 Å². The molecule has 90 valence electrons. The molecule has 7 heteroatoms. The van der Waals surface area contributed by atoms with Gasteiger partial charge in [0.1, 0.15) is 6.04 Å². The van der Waals surface area contributed by atoms with E-state index in [1.807, 2.05) is 13.2 Å². The molecule has 0 fully saturated rings. The zero-order valence-corrected chi connectivity index (χ0v) is 10.3. The van der Waals surface area contributed by atoms with Crippen LogP contribution in [0.1, 0.15) is 32.2 Å². The molecule has 1 atom stereocenters. The molecule has 1 unspecified atom stereocenters. The molecule has 1 N–H and O–H groups in total. The molecule has 0 saturated heterocycles. The lowest BCUT2D eigenvalue weighted by atomic mass is 10.2. The number of nitrogens with zero attached hydrogens (tertiary/aromatic N) is 2. The first-order valence-electron chi connectivity index (χ1n) is 5.02. The van der Waals surface area contributed by atoms with Crippen LogP contribution in [0.2, 0.25) is 0 Å². The van der Waals surface area contributed by atoms with E-state index in [0.717, 1.165) is 0 Å². The molecule has 0 radical (unpaired) electrons. The van der Waals surface area contributed by atoms with Crippen molar-refractivity contribution >= 4 is 17.9 Å². The fourth-order valence-electron chi connectivity index (χ4n) is 1.10. The Bertz CT molecular complexity index is 342. The highest BCUT2D eigenvalue weighted by Gasteiger charge is 2.19. The molecule has 1 amide bonds. The van der Waals surface area contributed by atoms with Crippen LogP contribution in [-0.2, 0) is 4.74 Å². The lowest BCUT2D eigenvalue weighted by molar-refractivity contribution is 0.145. The molecule has 0 aliphatic rings. The van der Waals surface area contributed by atoms with Gasteiger partial charge in [-0.05, 0) is 19.6 Å². The quantitative estimate of drug-likeness (QED) is 0.799. The Labute approximate surface area is 98.1 Å². The number of carbonyl (C=O) groups is 1. The molecule has 0 aromatic carbocycles. The molecule has 1 aromatic rings. The van der Waals surface area contributed by atoms with Crippen molar-refractivity contribution in [3.63, 3.8) is 0 Å². The fourth-order valence-corrected chi connectivity index (χ4v) is 1.39. The number of aromatic nitrogens is 2. The van der Waals surface area contributed by atoms with Crippen molar-refractivity contribution in [3.8, 4) is 0 Å². The van der Waals surface area contributed by atoms with Crippen LogP contribution in [0.4, 0.5) is 4.79 Å². The van der Waals surface area contributed by atoms with Crippen LogP contribution in [0, 0.1) is 0 Å². The number of thioether (sulfide) groups is 1. The van der Waals surface area contributed by atoms with Gasteiger partial charge in [0.2, 0.25) is 11.0 Å². The lowest BCUT2D eigenvalue weighted by Crippen LogP contribution is -2.29. The summed E-state index contributed by atoms with van der Waals surface area (Å²) in [4.78, 5) is 15.4. The van der Waals surface area contributed by atoms with Gasteiger partial charge in [-0.15, -0.1) is 0 Å². The molecule has 0 aliphatic carbocycles. The monoisotopic (exact) mass is 245 g/mol. The number of rotatable bonds is 5. The minimum atomic E-state index is -0.474. The van der Waals surface area contributed by atoms with Gasteiger partial charge < -0.3 is 14.6 Å². The predicted molar refractivity (Wildman–Crippen MR) is 59.3 cm³/mol. The van der Waals surface area contributed by atoms with E-state index >= 15 is 0 Å². The van der Waals surface area contributed by atoms with Crippen molar-refractivity contribution in [2.24, 2.45) is 0 Å². The summed E-state index contributed by atoms with van der Waals surface area (Å²) >= 11 is 1.39. The Morgan fingerprint density at radius 2 is 2.38 bits per heavy atom. The topological polar surface area (TPSA) is 77.2 Å². The molecule has 0 bridgehead atoms. The minimum absolute atomic E-state index is 0.299. The highest BCUT2D eigenvalue weighted by atomic mass is 32.2. The Kier molecular flexibility index (Phi) is 5.10. The van der Waals surface area contributed by atoms with Crippen LogP contribution in [0.15, 0.2) is 9.68 Å². The van der Waals surface area contributed by atoms with Gasteiger partial charge in [-0.3, -0.25) is 0 Å². The minimum Gasteiger partial charge on any atom is -0.450 e. The van der Waals surface area contributed by atoms with E-state index in [0.29, 0.717) is 24.1 Å². The number of hydrogen-bond acceptors (Lipinski definition) is 6. The zero-order chi connectivity index (χ0) is 12.0. The summed E-state index contributed by atoms with van der Waals surface area (Å²) in [5.41, 5.74) is 0. The Hall–Kier alpha value is -1.24. The highest BCUT2D eigenvalue weighted by molar-refractivity contribution is 7.98. The first-order valence-corrected chi connectivity index (χ1v) is 6.24. The van der Waals surface area contributed by atoms with Gasteiger partial charge in [0.25, 0.3) is 0 Å². The van der Waals surface area contributed by atoms with Gasteiger partial charge >= 0.3 is 6.09 Å². The Morgan fingerprint density at radius 3 is 2.88 bits per heavy atom. The molecule has 1 rings (SSSR count). The van der Waals surface area contributed by atoms with E-state index in [1.165, 1.54) is 11.8 Å². The molecule has 0 spiro atoms. The summed E-state index contributed by atoms with van der Waals surface area (Å²) in [6, 6.07) is -0.299. The number of hydrogen-bond donors (Lipinski definition) is 1. The summed E-state index contributed by atoms with van der Waals surface area (Å²) in [5.74, 6) is 0.403. The van der Waals surface area contributed by atoms with Crippen LogP contribution in [0.5, 0.6) is 0 Å². The molecule has 1 heterocycles. The van der Waals surface area contributed by atoms with Crippen molar-refractivity contribution in [2.75, 3.05) is 12.9 Å². The normalized spacial score (nSPS) is 12.2. The summed E-state index contributed by atoms with van der Waals surface area (Å²) < 4.78 is 9.82. The third-order valence-corrected chi connectivity index (χ3v) is 2.41. The van der Waals surface area contributed by atoms with Crippen molar-refractivity contribution in [1.29, 1.82) is 0 Å². The second-order valence-electron chi connectivity index (χ2n) is 2.94. The molecule has 6 nitrogen and oxygen atoms in total. The van der Waals surface area contributed by atoms with E-state index in [1.54, 1.807) is 6.92 Å². The molecular formula is C9H15N3O3S. The van der Waals surface area contributed by atoms with E-state index < -0.39 is 6.09 Å². The lowest BCUT2D eigenvalue weighted by Gasteiger charge is -2.11. The van der Waals surface area contributed by atoms with E-state index in [9.17, 15) is 4.79 Å². The molecule has 1 aromatic heterocycles. The number of amides is 1. The van der Waals surface area contributed by atoms with Gasteiger partial charge in [0.15, 0.2) is 0 Å². The molecule has 0 saturated carbocycles. The first kappa shape index (κ1) is 12.8. The van der Waals surface area contributed by atoms with Gasteiger partial charge in [0, 0.05) is 0 Å². The van der Waals surface area contributed by atoms with E-state index in [-0.39, 0.29) is 6.04 Å². The van der Waals surface area contributed by atoms with Crippen molar-refractivity contribution in [1.82, 2.24) is 15.5 Å². The maximum atomic E-state index is 11.2. The van der Waals surface area contributed by atoms with E-state index in [2.05, 4.69) is 15.5 Å². The summed E-state index contributed by atoms with van der Waals surface area (Å²) in [6.07, 6.45) is 2.04. The summed E-state index contributed by atoms with van der Waals surface area (Å²) in [5, 5.41) is 6.95. The average Bonchev–Trinajstić information content (AvgIpc) is 2.74. The first-order chi connectivity index (χ1) is 7.71. The maximum absolute atomic E-state index is 11.2. The molecule has 16 heavy (non-hydrogen) atoms. The SMILES string of the molecule is CCOC(=O)NC(CC)c1nc(SC)no1. The second kappa shape index (κ2) is 6.37. The average molecular weight is 245 g/mol. The number of alkyl carbamates (subject to hydrolysis) is 1. The summed E-state index contributed by atoms with van der Waals surface area (Å²) in [6.45, 7) is 4.00. The van der Waals surface area contributed by atoms with Crippen LogP contribution in [-0.4, -0.2) is 29.1 Å². The zero-order valence-electron chi connectivity index (χ0n) is 9.52. The van der Waals surface area contributed by atoms with Crippen LogP contribution < -0.4 is 5.32 Å². The number of carbonyl (C=O) groups excluding carboxylic acids is 1. The predicted octanol–water partition coefficient (Wildman–Crippen LogP) is 1.99. The number of ether oxygens (including phenoxy) is 1. The van der Waals surface area contributed by atoms with Gasteiger partial charge in [-0.2, -0.15) is 4.98 Å². The Morgan fingerprint density at radius 1 is 1.62 bits per heavy atom. The van der Waals surface area contributed by atoms with Gasteiger partial charge in [0.05, 0.1) is 6.61 Å². The smallest absolute Gasteiger partial charge is 0.407 e. The largest absolute Gasteiger partial charge is 0.450 e. The molecule has 0 aliphatic heterocycles. The third-order valence-electron chi connectivity index (χ3n) is 1.88. The fraction of sp³-hybridized carbons (Fsp3) is 0.667. The standard InChI is InChI=1S/C9H15N3O3S/c1-4-6(10-9(13)14-5-2)7-11-8(16-3)12-15-7/h6H,4-5H2,1-3H3,(H,10,13). The van der Waals surface area contributed by atoms with Crippen molar-refractivity contribution in [3.05, 3.63) is 5.89 Å². The third kappa shape index (κ3) is 3.41. The highest BCUT2D eigenvalue weighted by Crippen LogP contribution is 2.17. The molecular weight excluding hydrogens is 230 g/mol. The Balaban J connectivity index is 2.63. The maximum Gasteiger partial charge on any atom is 0.407 e.